The lowest BCUT2D eigenvalue weighted by molar-refractivity contribution is -0.132. The van der Waals surface area contributed by atoms with Gasteiger partial charge in [0, 0.05) is 12.8 Å². The monoisotopic (exact) mass is 232 g/mol. The van der Waals surface area contributed by atoms with E-state index in [4.69, 9.17) is 5.26 Å². The van der Waals surface area contributed by atoms with Crippen LogP contribution in [0.15, 0.2) is 6.20 Å². The van der Waals surface area contributed by atoms with Crippen LogP contribution < -0.4 is 4.90 Å². The molecule has 1 aromatic heterocycles. The summed E-state index contributed by atoms with van der Waals surface area (Å²) in [5.41, 5.74) is -0.122. The van der Waals surface area contributed by atoms with Crippen LogP contribution in [0.25, 0.3) is 0 Å². The van der Waals surface area contributed by atoms with Crippen LogP contribution in [0.4, 0.5) is 5.82 Å². The molecule has 6 nitrogen and oxygen atoms in total. The summed E-state index contributed by atoms with van der Waals surface area (Å²) in [5.74, 6) is -0.419. The number of amides is 2. The second-order valence-corrected chi connectivity index (χ2v) is 4.88. The summed E-state index contributed by atoms with van der Waals surface area (Å²) in [5, 5.41) is 15.1. The number of H-pyrrole nitrogens is 1. The van der Waals surface area contributed by atoms with Crippen LogP contribution in [0, 0.1) is 16.7 Å². The van der Waals surface area contributed by atoms with Crippen molar-refractivity contribution in [3.63, 3.8) is 0 Å². The van der Waals surface area contributed by atoms with Gasteiger partial charge < -0.3 is 0 Å². The van der Waals surface area contributed by atoms with Gasteiger partial charge in [-0.2, -0.15) is 10.4 Å². The highest BCUT2D eigenvalue weighted by Crippen LogP contribution is 2.34. The van der Waals surface area contributed by atoms with Gasteiger partial charge in [-0.05, 0) is 5.41 Å². The van der Waals surface area contributed by atoms with Crippen molar-refractivity contribution >= 4 is 17.6 Å². The van der Waals surface area contributed by atoms with E-state index in [2.05, 4.69) is 10.2 Å². The van der Waals surface area contributed by atoms with E-state index in [1.165, 1.54) is 6.20 Å². The Morgan fingerprint density at radius 3 is 2.53 bits per heavy atom. The van der Waals surface area contributed by atoms with E-state index in [1.54, 1.807) is 0 Å². The largest absolute Gasteiger partial charge is 0.274 e. The zero-order valence-electron chi connectivity index (χ0n) is 9.65. The van der Waals surface area contributed by atoms with Gasteiger partial charge in [0.25, 0.3) is 0 Å². The number of piperidine rings is 1. The number of aromatic nitrogens is 2. The lowest BCUT2D eigenvalue weighted by Gasteiger charge is -2.33. The number of carbonyl (C=O) groups is 2. The van der Waals surface area contributed by atoms with Gasteiger partial charge >= 0.3 is 0 Å². The van der Waals surface area contributed by atoms with E-state index in [0.29, 0.717) is 0 Å². The minimum atomic E-state index is -0.322. The fourth-order valence-electron chi connectivity index (χ4n) is 1.96. The van der Waals surface area contributed by atoms with Gasteiger partial charge in [-0.3, -0.25) is 14.7 Å². The molecule has 1 aliphatic heterocycles. The van der Waals surface area contributed by atoms with Gasteiger partial charge in [-0.1, -0.05) is 13.8 Å². The normalized spacial score (nSPS) is 19.2. The van der Waals surface area contributed by atoms with Crippen LogP contribution in [0.1, 0.15) is 32.3 Å². The van der Waals surface area contributed by atoms with Crippen LogP contribution >= 0.6 is 0 Å². The Morgan fingerprint density at radius 2 is 2.00 bits per heavy atom. The number of imide groups is 1. The Hall–Kier alpha value is -2.16. The fourth-order valence-corrected chi connectivity index (χ4v) is 1.96. The smallest absolute Gasteiger partial charge is 0.235 e. The molecule has 1 aliphatic rings. The second kappa shape index (κ2) is 3.70. The van der Waals surface area contributed by atoms with Crippen molar-refractivity contribution < 1.29 is 9.59 Å². The number of carbonyl (C=O) groups excluding carboxylic acids is 2. The first-order valence-electron chi connectivity index (χ1n) is 5.24. The average molecular weight is 232 g/mol. The van der Waals surface area contributed by atoms with Gasteiger partial charge in [0.05, 0.1) is 6.20 Å². The second-order valence-electron chi connectivity index (χ2n) is 4.88. The Labute approximate surface area is 98.2 Å². The molecule has 2 heterocycles. The summed E-state index contributed by atoms with van der Waals surface area (Å²) in [6.45, 7) is 3.75. The molecule has 0 aromatic carbocycles. The molecule has 1 fully saturated rings. The maximum atomic E-state index is 11.9. The van der Waals surface area contributed by atoms with Crippen LogP contribution in [0.2, 0.25) is 0 Å². The van der Waals surface area contributed by atoms with E-state index in [9.17, 15) is 9.59 Å². The Bertz CT molecular complexity index is 504. The topological polar surface area (TPSA) is 89.8 Å². The third kappa shape index (κ3) is 1.91. The maximum Gasteiger partial charge on any atom is 0.235 e. The predicted molar refractivity (Wildman–Crippen MR) is 58.8 cm³/mol. The van der Waals surface area contributed by atoms with Crippen LogP contribution in [0.3, 0.4) is 0 Å². The molecular formula is C11H12N4O2. The standard InChI is InChI=1S/C11H12N4O2/c1-11(2)3-8(16)15(9(17)4-11)10-7(5-12)6-13-14-10/h6H,3-4H2,1-2H3,(H,13,14). The molecule has 0 bridgehead atoms. The quantitative estimate of drug-likeness (QED) is 0.730. The third-order valence-corrected chi connectivity index (χ3v) is 2.72. The molecule has 0 atom stereocenters. The van der Waals surface area contributed by atoms with Crippen molar-refractivity contribution in [3.8, 4) is 6.07 Å². The predicted octanol–water partition coefficient (Wildman–Crippen LogP) is 0.961. The lowest BCUT2D eigenvalue weighted by atomic mass is 9.82. The Balaban J connectivity index is 2.38. The summed E-state index contributed by atoms with van der Waals surface area (Å²) < 4.78 is 0. The van der Waals surface area contributed by atoms with Crippen LogP contribution in [-0.2, 0) is 9.59 Å². The van der Waals surface area contributed by atoms with Crippen molar-refractivity contribution in [2.75, 3.05) is 4.90 Å². The van der Waals surface area contributed by atoms with Crippen molar-refractivity contribution in [2.45, 2.75) is 26.7 Å². The highest BCUT2D eigenvalue weighted by Gasteiger charge is 2.39. The van der Waals surface area contributed by atoms with Crippen molar-refractivity contribution in [3.05, 3.63) is 11.8 Å². The molecule has 1 N–H and O–H groups in total. The Morgan fingerprint density at radius 1 is 1.41 bits per heavy atom. The number of nitrogens with zero attached hydrogens (tertiary/aromatic N) is 3. The molecule has 2 rings (SSSR count). The lowest BCUT2D eigenvalue weighted by Crippen LogP contribution is -2.46. The van der Waals surface area contributed by atoms with Crippen LogP contribution in [-0.4, -0.2) is 22.0 Å². The highest BCUT2D eigenvalue weighted by molar-refractivity contribution is 6.16. The van der Waals surface area contributed by atoms with E-state index < -0.39 is 0 Å². The van der Waals surface area contributed by atoms with Gasteiger partial charge in [-0.15, -0.1) is 0 Å². The van der Waals surface area contributed by atoms with Gasteiger partial charge in [-0.25, -0.2) is 4.90 Å². The summed E-state index contributed by atoms with van der Waals surface area (Å²) >= 11 is 0. The third-order valence-electron chi connectivity index (χ3n) is 2.72. The summed E-state index contributed by atoms with van der Waals surface area (Å²) in [4.78, 5) is 24.9. The zero-order valence-corrected chi connectivity index (χ0v) is 9.65. The van der Waals surface area contributed by atoms with E-state index in [0.717, 1.165) is 4.90 Å². The summed E-state index contributed by atoms with van der Waals surface area (Å²) in [6, 6.07) is 1.89. The number of nitriles is 1. The van der Waals surface area contributed by atoms with Crippen molar-refractivity contribution in [1.29, 1.82) is 5.26 Å². The molecule has 1 saturated heterocycles. The SMILES string of the molecule is CC1(C)CC(=O)N(c2[nH]ncc2C#N)C(=O)C1. The number of aromatic amines is 1. The fraction of sp³-hybridized carbons (Fsp3) is 0.455. The molecule has 0 aliphatic carbocycles. The zero-order chi connectivity index (χ0) is 12.6. The molecule has 1 aromatic rings. The van der Waals surface area contributed by atoms with Gasteiger partial charge in [0.2, 0.25) is 11.8 Å². The number of hydrogen-bond acceptors (Lipinski definition) is 4. The molecule has 0 spiro atoms. The number of anilines is 1. The van der Waals surface area contributed by atoms with Gasteiger partial charge in [0.15, 0.2) is 5.82 Å². The van der Waals surface area contributed by atoms with Crippen molar-refractivity contribution in [2.24, 2.45) is 5.41 Å². The first kappa shape index (κ1) is 11.3. The van der Waals surface area contributed by atoms with Crippen molar-refractivity contribution in [1.82, 2.24) is 10.2 Å². The minimum Gasteiger partial charge on any atom is -0.274 e. The molecule has 88 valence electrons. The van der Waals surface area contributed by atoms with Gasteiger partial charge in [0.1, 0.15) is 11.6 Å². The minimum absolute atomic E-state index is 0.179. The van der Waals surface area contributed by atoms with Crippen LogP contribution in [0.5, 0.6) is 0 Å². The number of nitrogens with one attached hydrogen (secondary N) is 1. The molecule has 6 heteroatoms. The molecule has 0 radical (unpaired) electrons. The molecule has 17 heavy (non-hydrogen) atoms. The molecule has 2 amide bonds. The number of rotatable bonds is 1. The van der Waals surface area contributed by atoms with E-state index in [1.807, 2.05) is 19.9 Å². The first-order valence-corrected chi connectivity index (χ1v) is 5.24. The average Bonchev–Trinajstić information content (AvgIpc) is 2.62. The van der Waals surface area contributed by atoms with E-state index in [-0.39, 0.29) is 41.5 Å². The summed E-state index contributed by atoms with van der Waals surface area (Å²) in [6.07, 6.45) is 1.86. The highest BCUT2D eigenvalue weighted by atomic mass is 16.2. The Kier molecular flexibility index (Phi) is 2.46. The maximum absolute atomic E-state index is 11.9. The summed E-state index contributed by atoms with van der Waals surface area (Å²) in [7, 11) is 0. The number of hydrogen-bond donors (Lipinski definition) is 1. The van der Waals surface area contributed by atoms with E-state index >= 15 is 0 Å². The molecule has 0 unspecified atom stereocenters. The molecular weight excluding hydrogens is 220 g/mol. The first-order chi connectivity index (χ1) is 7.94. The molecule has 0 saturated carbocycles.